The molecule has 2 aromatic carbocycles. The number of rotatable bonds is 8. The Kier molecular flexibility index (Phi) is 6.61. The molecule has 0 bridgehead atoms. The van der Waals surface area contributed by atoms with Gasteiger partial charge in [-0.25, -0.2) is 8.42 Å². The summed E-state index contributed by atoms with van der Waals surface area (Å²) < 4.78 is 25.5. The predicted molar refractivity (Wildman–Crippen MR) is 112 cm³/mol. The molecule has 0 amide bonds. The largest absolute Gasteiger partial charge is 0.481 e. The summed E-state index contributed by atoms with van der Waals surface area (Å²) >= 11 is 7.05. The minimum absolute atomic E-state index is 0.0795. The van der Waals surface area contributed by atoms with Crippen LogP contribution in [0.1, 0.15) is 0 Å². The Morgan fingerprint density at radius 2 is 1.72 bits per heavy atom. The van der Waals surface area contributed by atoms with Crippen LogP contribution in [0.15, 0.2) is 64.6 Å². The second-order valence-electron chi connectivity index (χ2n) is 6.33. The van der Waals surface area contributed by atoms with Gasteiger partial charge in [0, 0.05) is 17.8 Å². The molecule has 1 aromatic heterocycles. The van der Waals surface area contributed by atoms with Crippen LogP contribution in [0.25, 0.3) is 11.1 Å². The summed E-state index contributed by atoms with van der Waals surface area (Å²) in [6, 6.07) is 13.6. The number of halogens is 1. The van der Waals surface area contributed by atoms with E-state index >= 15 is 0 Å². The number of carboxylic acids is 1. The Hall–Kier alpha value is -2.36. The van der Waals surface area contributed by atoms with Gasteiger partial charge in [-0.1, -0.05) is 35.9 Å². The lowest BCUT2D eigenvalue weighted by atomic mass is 10.1. The van der Waals surface area contributed by atoms with E-state index in [0.717, 1.165) is 22.9 Å². The summed E-state index contributed by atoms with van der Waals surface area (Å²) in [5.41, 5.74) is 1.75. The Labute approximate surface area is 177 Å². The average Bonchev–Trinajstić information content (AvgIpc) is 3.11. The summed E-state index contributed by atoms with van der Waals surface area (Å²) in [7, 11) is -2.12. The van der Waals surface area contributed by atoms with Crippen LogP contribution in [0.5, 0.6) is 0 Å². The van der Waals surface area contributed by atoms with Crippen LogP contribution >= 0.6 is 23.4 Å². The van der Waals surface area contributed by atoms with E-state index < -0.39 is 27.5 Å². The van der Waals surface area contributed by atoms with Crippen LogP contribution in [0.2, 0.25) is 5.02 Å². The van der Waals surface area contributed by atoms with Gasteiger partial charge in [-0.3, -0.25) is 4.79 Å². The third kappa shape index (κ3) is 5.59. The van der Waals surface area contributed by atoms with Gasteiger partial charge in [-0.05, 0) is 35.4 Å². The van der Waals surface area contributed by atoms with Crippen molar-refractivity contribution in [3.8, 4) is 11.1 Å². The maximum atomic E-state index is 12.7. The van der Waals surface area contributed by atoms with Crippen molar-refractivity contribution < 1.29 is 18.3 Å². The van der Waals surface area contributed by atoms with Crippen molar-refractivity contribution in [3.05, 3.63) is 59.8 Å². The first-order valence-corrected chi connectivity index (χ1v) is 11.6. The van der Waals surface area contributed by atoms with Crippen LogP contribution in [0, 0.1) is 5.92 Å². The number of carboxylic acid groups (broad SMARTS) is 1. The topological polar surface area (TPSA) is 102 Å². The molecule has 0 aliphatic rings. The van der Waals surface area contributed by atoms with Crippen molar-refractivity contribution in [1.29, 1.82) is 0 Å². The Bertz CT molecular complexity index is 1100. The van der Waals surface area contributed by atoms with E-state index in [4.69, 9.17) is 11.6 Å². The van der Waals surface area contributed by atoms with Crippen molar-refractivity contribution >= 4 is 39.2 Å². The number of aromatic nitrogens is 3. The highest BCUT2D eigenvalue weighted by molar-refractivity contribution is 7.99. The van der Waals surface area contributed by atoms with Gasteiger partial charge >= 0.3 is 5.97 Å². The number of aryl methyl sites for hydroxylation is 1. The first kappa shape index (κ1) is 21.4. The van der Waals surface area contributed by atoms with Crippen molar-refractivity contribution in [3.63, 3.8) is 0 Å². The van der Waals surface area contributed by atoms with Gasteiger partial charge in [0.05, 0.1) is 22.8 Å². The smallest absolute Gasteiger partial charge is 0.308 e. The molecule has 152 valence electrons. The molecule has 0 radical (unpaired) electrons. The molecule has 1 unspecified atom stereocenters. The van der Waals surface area contributed by atoms with Crippen LogP contribution in [-0.2, 0) is 21.7 Å². The zero-order valence-corrected chi connectivity index (χ0v) is 17.8. The van der Waals surface area contributed by atoms with E-state index in [-0.39, 0.29) is 10.6 Å². The van der Waals surface area contributed by atoms with E-state index in [1.807, 2.05) is 12.1 Å². The molecule has 0 aliphatic heterocycles. The molecule has 29 heavy (non-hydrogen) atoms. The zero-order chi connectivity index (χ0) is 21.0. The number of thioether (sulfide) groups is 1. The minimum atomic E-state index is -3.77. The van der Waals surface area contributed by atoms with Crippen LogP contribution in [0.3, 0.4) is 0 Å². The normalized spacial score (nSPS) is 12.6. The third-order valence-electron chi connectivity index (χ3n) is 4.17. The highest BCUT2D eigenvalue weighted by Gasteiger charge is 2.27. The van der Waals surface area contributed by atoms with E-state index in [1.165, 1.54) is 23.1 Å². The summed E-state index contributed by atoms with van der Waals surface area (Å²) in [6.45, 7) is 0. The lowest BCUT2D eigenvalue weighted by Gasteiger charge is -2.12. The molecule has 3 rings (SSSR count). The van der Waals surface area contributed by atoms with Gasteiger partial charge in [0.15, 0.2) is 9.84 Å². The second-order valence-corrected chi connectivity index (χ2v) is 9.84. The van der Waals surface area contributed by atoms with Gasteiger partial charge in [0.1, 0.15) is 5.03 Å². The Morgan fingerprint density at radius 1 is 1.14 bits per heavy atom. The highest BCUT2D eigenvalue weighted by atomic mass is 35.5. The van der Waals surface area contributed by atoms with E-state index in [2.05, 4.69) is 10.2 Å². The minimum Gasteiger partial charge on any atom is -0.481 e. The molecule has 1 N–H and O–H groups in total. The van der Waals surface area contributed by atoms with Gasteiger partial charge in [0.25, 0.3) is 0 Å². The fraction of sp³-hybridized carbons (Fsp3) is 0.211. The number of hydrogen-bond donors (Lipinski definition) is 1. The number of carbonyl (C=O) groups is 1. The standard InChI is InChI=1S/C19H18ClN3O4S2/c1-23-21-10-18(22-23)28-11-15(19(24)25)12-29(26,27)17-8-4-14(5-9-17)13-2-6-16(20)7-3-13/h2-10,15H,11-12H2,1H3,(H,24,25). The molecule has 0 spiro atoms. The molecular weight excluding hydrogens is 434 g/mol. The van der Waals surface area contributed by atoms with Gasteiger partial charge in [0.2, 0.25) is 0 Å². The molecule has 0 aliphatic carbocycles. The van der Waals surface area contributed by atoms with Crippen LogP contribution < -0.4 is 0 Å². The number of benzene rings is 2. The average molecular weight is 452 g/mol. The molecule has 1 atom stereocenters. The molecular formula is C19H18ClN3O4S2. The highest BCUT2D eigenvalue weighted by Crippen LogP contribution is 2.25. The molecule has 7 nitrogen and oxygen atoms in total. The zero-order valence-electron chi connectivity index (χ0n) is 15.4. The monoisotopic (exact) mass is 451 g/mol. The van der Waals surface area contributed by atoms with E-state index in [9.17, 15) is 18.3 Å². The Balaban J connectivity index is 1.72. The first-order chi connectivity index (χ1) is 13.7. The fourth-order valence-electron chi connectivity index (χ4n) is 2.63. The molecule has 1 heterocycles. The number of nitrogens with zero attached hydrogens (tertiary/aromatic N) is 3. The summed E-state index contributed by atoms with van der Waals surface area (Å²) in [4.78, 5) is 13.0. The lowest BCUT2D eigenvalue weighted by Crippen LogP contribution is -2.26. The van der Waals surface area contributed by atoms with Crippen molar-refractivity contribution in [1.82, 2.24) is 15.0 Å². The van der Waals surface area contributed by atoms with Crippen LogP contribution in [-0.4, -0.2) is 46.0 Å². The summed E-state index contributed by atoms with van der Waals surface area (Å²) in [6.07, 6.45) is 1.51. The number of sulfone groups is 1. The van der Waals surface area contributed by atoms with Crippen LogP contribution in [0.4, 0.5) is 0 Å². The number of hydrogen-bond acceptors (Lipinski definition) is 6. The van der Waals surface area contributed by atoms with E-state index in [1.54, 1.807) is 31.3 Å². The Morgan fingerprint density at radius 3 is 2.24 bits per heavy atom. The second kappa shape index (κ2) is 8.98. The maximum absolute atomic E-state index is 12.7. The van der Waals surface area contributed by atoms with Gasteiger partial charge < -0.3 is 5.11 Å². The van der Waals surface area contributed by atoms with E-state index in [0.29, 0.717) is 10.0 Å². The summed E-state index contributed by atoms with van der Waals surface area (Å²) in [5, 5.41) is 18.6. The maximum Gasteiger partial charge on any atom is 0.308 e. The molecule has 3 aromatic rings. The van der Waals surface area contributed by atoms with Gasteiger partial charge in [-0.15, -0.1) is 16.9 Å². The van der Waals surface area contributed by atoms with Crippen molar-refractivity contribution in [2.24, 2.45) is 13.0 Å². The molecule has 0 fully saturated rings. The lowest BCUT2D eigenvalue weighted by molar-refractivity contribution is -0.140. The van der Waals surface area contributed by atoms with Crippen molar-refractivity contribution in [2.45, 2.75) is 9.92 Å². The molecule has 0 saturated carbocycles. The quantitative estimate of drug-likeness (QED) is 0.523. The van der Waals surface area contributed by atoms with Gasteiger partial charge in [-0.2, -0.15) is 9.90 Å². The molecule has 0 saturated heterocycles. The fourth-order valence-corrected chi connectivity index (χ4v) is 5.37. The third-order valence-corrected chi connectivity index (χ3v) is 7.31. The summed E-state index contributed by atoms with van der Waals surface area (Å²) in [5.74, 6) is -2.64. The predicted octanol–water partition coefficient (Wildman–Crippen LogP) is 3.40. The molecule has 10 heteroatoms. The van der Waals surface area contributed by atoms with Crippen molar-refractivity contribution in [2.75, 3.05) is 11.5 Å². The SMILES string of the molecule is Cn1ncc(SCC(CS(=O)(=O)c2ccc(-c3ccc(Cl)cc3)cc2)C(=O)O)n1. The number of aliphatic carboxylic acids is 1. The first-order valence-electron chi connectivity index (χ1n) is 8.55.